The summed E-state index contributed by atoms with van der Waals surface area (Å²) in [6.45, 7) is -0.251. The summed E-state index contributed by atoms with van der Waals surface area (Å²) >= 11 is 3.31. The van der Waals surface area contributed by atoms with Crippen molar-refractivity contribution < 1.29 is 19.1 Å². The van der Waals surface area contributed by atoms with Crippen LogP contribution in [-0.2, 0) is 9.53 Å². The van der Waals surface area contributed by atoms with E-state index in [-0.39, 0.29) is 18.6 Å². The summed E-state index contributed by atoms with van der Waals surface area (Å²) in [7, 11) is 1.55. The van der Waals surface area contributed by atoms with Crippen molar-refractivity contribution in [3.8, 4) is 5.75 Å². The molecule has 1 saturated carbocycles. The van der Waals surface area contributed by atoms with Gasteiger partial charge in [0.2, 0.25) is 0 Å². The Morgan fingerprint density at radius 2 is 2.00 bits per heavy atom. The van der Waals surface area contributed by atoms with Crippen LogP contribution in [0, 0.1) is 0 Å². The topological polar surface area (TPSA) is 64.6 Å². The molecule has 1 N–H and O–H groups in total. The van der Waals surface area contributed by atoms with Gasteiger partial charge in [-0.15, -0.1) is 0 Å². The number of hydrogen-bond acceptors (Lipinski definition) is 4. The molecule has 0 heterocycles. The van der Waals surface area contributed by atoms with Crippen molar-refractivity contribution in [2.45, 2.75) is 38.1 Å². The fourth-order valence-corrected chi connectivity index (χ4v) is 3.06. The van der Waals surface area contributed by atoms with Crippen LogP contribution < -0.4 is 10.1 Å². The van der Waals surface area contributed by atoms with E-state index in [1.54, 1.807) is 25.3 Å². The van der Waals surface area contributed by atoms with Crippen molar-refractivity contribution in [2.75, 3.05) is 13.7 Å². The van der Waals surface area contributed by atoms with Crippen LogP contribution in [0.5, 0.6) is 5.75 Å². The zero-order valence-electron chi connectivity index (χ0n) is 12.6. The molecule has 2 rings (SSSR count). The number of halogens is 1. The zero-order chi connectivity index (χ0) is 15.9. The Morgan fingerprint density at radius 1 is 1.27 bits per heavy atom. The van der Waals surface area contributed by atoms with Gasteiger partial charge in [0.05, 0.1) is 17.1 Å². The number of hydrogen-bond donors (Lipinski definition) is 1. The maximum absolute atomic E-state index is 11.9. The Morgan fingerprint density at radius 3 is 2.64 bits per heavy atom. The average molecular weight is 370 g/mol. The number of ether oxygens (including phenoxy) is 2. The molecule has 1 fully saturated rings. The van der Waals surface area contributed by atoms with Crippen LogP contribution in [0.1, 0.15) is 42.5 Å². The van der Waals surface area contributed by atoms with Gasteiger partial charge in [-0.3, -0.25) is 4.79 Å². The maximum atomic E-state index is 11.9. The van der Waals surface area contributed by atoms with Gasteiger partial charge in [0, 0.05) is 6.04 Å². The molecule has 1 aliphatic rings. The molecule has 1 amide bonds. The first kappa shape index (κ1) is 16.8. The first-order valence-electron chi connectivity index (χ1n) is 7.40. The summed E-state index contributed by atoms with van der Waals surface area (Å²) < 4.78 is 10.8. The summed E-state index contributed by atoms with van der Waals surface area (Å²) in [6.07, 6.45) is 5.53. The molecule has 5 nitrogen and oxygen atoms in total. The summed E-state index contributed by atoms with van der Waals surface area (Å²) in [5.74, 6) is -0.137. The van der Waals surface area contributed by atoms with Gasteiger partial charge < -0.3 is 14.8 Å². The van der Waals surface area contributed by atoms with Crippen LogP contribution in [-0.4, -0.2) is 31.6 Å². The Bertz CT molecular complexity index is 541. The second kappa shape index (κ2) is 8.17. The quantitative estimate of drug-likeness (QED) is 0.810. The highest BCUT2D eigenvalue weighted by Crippen LogP contribution is 2.25. The number of carbonyl (C=O) groups excluding carboxylic acids is 2. The molecule has 0 bridgehead atoms. The zero-order valence-corrected chi connectivity index (χ0v) is 14.1. The van der Waals surface area contributed by atoms with Gasteiger partial charge >= 0.3 is 5.97 Å². The molecule has 0 unspecified atom stereocenters. The van der Waals surface area contributed by atoms with Crippen LogP contribution in [0.25, 0.3) is 0 Å². The molecule has 0 aliphatic heterocycles. The van der Waals surface area contributed by atoms with Crippen molar-refractivity contribution in [1.82, 2.24) is 5.32 Å². The highest BCUT2D eigenvalue weighted by molar-refractivity contribution is 9.10. The molecule has 0 saturated heterocycles. The van der Waals surface area contributed by atoms with Crippen LogP contribution in [0.2, 0.25) is 0 Å². The van der Waals surface area contributed by atoms with Crippen molar-refractivity contribution >= 4 is 27.8 Å². The molecule has 0 aromatic heterocycles. The van der Waals surface area contributed by atoms with Gasteiger partial charge in [0.25, 0.3) is 5.91 Å². The molecule has 6 heteroatoms. The van der Waals surface area contributed by atoms with Crippen molar-refractivity contribution in [3.05, 3.63) is 28.2 Å². The number of methoxy groups -OCH3 is 1. The second-order valence-corrected chi connectivity index (χ2v) is 6.18. The number of carbonyl (C=O) groups is 2. The second-order valence-electron chi connectivity index (χ2n) is 5.33. The van der Waals surface area contributed by atoms with Crippen LogP contribution >= 0.6 is 15.9 Å². The predicted molar refractivity (Wildman–Crippen MR) is 86.0 cm³/mol. The predicted octanol–water partition coefficient (Wildman–Crippen LogP) is 3.06. The van der Waals surface area contributed by atoms with E-state index >= 15 is 0 Å². The lowest BCUT2D eigenvalue weighted by molar-refractivity contribution is -0.125. The van der Waals surface area contributed by atoms with Crippen molar-refractivity contribution in [1.29, 1.82) is 0 Å². The summed E-state index contributed by atoms with van der Waals surface area (Å²) in [4.78, 5) is 23.7. The fourth-order valence-electron chi connectivity index (χ4n) is 2.52. The van der Waals surface area contributed by atoms with E-state index in [2.05, 4.69) is 21.2 Å². The Labute approximate surface area is 138 Å². The molecule has 1 aliphatic carbocycles. The Hall–Kier alpha value is -1.56. The van der Waals surface area contributed by atoms with Gasteiger partial charge in [-0.1, -0.05) is 19.3 Å². The minimum absolute atomic E-state index is 0.218. The molecule has 22 heavy (non-hydrogen) atoms. The highest BCUT2D eigenvalue weighted by Gasteiger charge is 2.17. The lowest BCUT2D eigenvalue weighted by Crippen LogP contribution is -2.38. The first-order chi connectivity index (χ1) is 10.6. The molecular formula is C16H20BrNO4. The molecule has 120 valence electrons. The number of rotatable bonds is 5. The van der Waals surface area contributed by atoms with E-state index in [4.69, 9.17) is 9.47 Å². The van der Waals surface area contributed by atoms with E-state index in [0.717, 1.165) is 25.7 Å². The lowest BCUT2D eigenvalue weighted by Gasteiger charge is -2.22. The lowest BCUT2D eigenvalue weighted by atomic mass is 9.95. The van der Waals surface area contributed by atoms with Gasteiger partial charge in [0.1, 0.15) is 5.75 Å². The van der Waals surface area contributed by atoms with Crippen LogP contribution in [0.3, 0.4) is 0 Å². The molecule has 1 aromatic carbocycles. The van der Waals surface area contributed by atoms with E-state index in [0.29, 0.717) is 15.8 Å². The Balaban J connectivity index is 1.81. The molecular weight excluding hydrogens is 350 g/mol. The average Bonchev–Trinajstić information content (AvgIpc) is 2.53. The van der Waals surface area contributed by atoms with Crippen molar-refractivity contribution in [3.63, 3.8) is 0 Å². The van der Waals surface area contributed by atoms with Gasteiger partial charge in [-0.25, -0.2) is 4.79 Å². The van der Waals surface area contributed by atoms with Crippen LogP contribution in [0.15, 0.2) is 22.7 Å². The monoisotopic (exact) mass is 369 g/mol. The van der Waals surface area contributed by atoms with E-state index in [1.807, 2.05) is 0 Å². The highest BCUT2D eigenvalue weighted by atomic mass is 79.9. The fraction of sp³-hybridized carbons (Fsp3) is 0.500. The molecule has 0 radical (unpaired) electrons. The number of nitrogens with one attached hydrogen (secondary N) is 1. The van der Waals surface area contributed by atoms with Crippen LogP contribution in [0.4, 0.5) is 0 Å². The minimum Gasteiger partial charge on any atom is -0.496 e. The van der Waals surface area contributed by atoms with Gasteiger partial charge in [-0.05, 0) is 47.0 Å². The number of esters is 1. The Kier molecular flexibility index (Phi) is 6.24. The minimum atomic E-state index is -0.526. The third-order valence-electron chi connectivity index (χ3n) is 3.69. The molecule has 0 spiro atoms. The maximum Gasteiger partial charge on any atom is 0.338 e. The third kappa shape index (κ3) is 4.73. The number of amides is 1. The normalized spacial score (nSPS) is 15.2. The van der Waals surface area contributed by atoms with Gasteiger partial charge in [-0.2, -0.15) is 0 Å². The largest absolute Gasteiger partial charge is 0.496 e. The summed E-state index contributed by atoms with van der Waals surface area (Å²) in [6, 6.07) is 5.10. The smallest absolute Gasteiger partial charge is 0.338 e. The SMILES string of the molecule is COc1ccc(C(=O)OCC(=O)NC2CCCCC2)cc1Br. The van der Waals surface area contributed by atoms with Crippen molar-refractivity contribution in [2.24, 2.45) is 0 Å². The summed E-state index contributed by atoms with van der Waals surface area (Å²) in [5.41, 5.74) is 0.373. The van der Waals surface area contributed by atoms with E-state index < -0.39 is 5.97 Å². The molecule has 0 atom stereocenters. The number of benzene rings is 1. The standard InChI is InChI=1S/C16H20BrNO4/c1-21-14-8-7-11(9-13(14)17)16(20)22-10-15(19)18-12-5-3-2-4-6-12/h7-9,12H,2-6,10H2,1H3,(H,18,19). The summed E-state index contributed by atoms with van der Waals surface area (Å²) in [5, 5.41) is 2.91. The first-order valence-corrected chi connectivity index (χ1v) is 8.19. The van der Waals surface area contributed by atoms with E-state index in [1.165, 1.54) is 6.42 Å². The molecule has 1 aromatic rings. The third-order valence-corrected chi connectivity index (χ3v) is 4.31. The van der Waals surface area contributed by atoms with Gasteiger partial charge in [0.15, 0.2) is 6.61 Å². The van der Waals surface area contributed by atoms with E-state index in [9.17, 15) is 9.59 Å².